The van der Waals surface area contributed by atoms with E-state index < -0.39 is 0 Å². The summed E-state index contributed by atoms with van der Waals surface area (Å²) in [6, 6.07) is 0. The van der Waals surface area contributed by atoms with E-state index in [1.807, 2.05) is 0 Å². The van der Waals surface area contributed by atoms with E-state index in [1.54, 1.807) is 64.2 Å². The molecule has 12 unspecified atom stereocenters. The summed E-state index contributed by atoms with van der Waals surface area (Å²) < 4.78 is 0. The summed E-state index contributed by atoms with van der Waals surface area (Å²) in [6.45, 7) is 4.77. The molecule has 0 spiro atoms. The Hall–Kier alpha value is -0.330. The standard InChI is InChI=1S/C41H70O/c1-3-29-19-33(29)23-37-27-39(37)25-35-21-31(35)15-11-7-5-9-13-17-41(42)18-14-10-6-8-12-16-32-22-36(32)26-40-28-38(40)24-34-20-30(34)4-2/h29-40H,3-28H2,1-2H3. The van der Waals surface area contributed by atoms with Gasteiger partial charge in [0.15, 0.2) is 0 Å². The number of hydrogen-bond acceptors (Lipinski definition) is 1. The SMILES string of the molecule is CCC1CC1CC1CC1CC1CC1CCCCCCCC(=O)CCCCCCCC1CC1CC1CC1CC1CC1CC. The lowest BCUT2D eigenvalue weighted by molar-refractivity contribution is -0.119. The van der Waals surface area contributed by atoms with Crippen LogP contribution in [0.2, 0.25) is 0 Å². The minimum absolute atomic E-state index is 0.548. The summed E-state index contributed by atoms with van der Waals surface area (Å²) in [5.41, 5.74) is 0. The average molecular weight is 579 g/mol. The van der Waals surface area contributed by atoms with Crippen LogP contribution in [-0.2, 0) is 4.79 Å². The molecule has 1 nitrogen and oxygen atoms in total. The van der Waals surface area contributed by atoms with Gasteiger partial charge in [-0.25, -0.2) is 0 Å². The van der Waals surface area contributed by atoms with Gasteiger partial charge < -0.3 is 0 Å². The molecule has 0 amide bonds. The molecule has 0 radical (unpaired) electrons. The first-order chi connectivity index (χ1) is 20.6. The fraction of sp³-hybridized carbons (Fsp3) is 0.976. The lowest BCUT2D eigenvalue weighted by atomic mass is 10.0. The Kier molecular flexibility index (Phi) is 11.5. The zero-order valence-electron chi connectivity index (χ0n) is 28.2. The number of Topliss-reactive ketones (excluding diaryl/α,β-unsaturated/α-hetero) is 1. The number of carbonyl (C=O) groups is 1. The van der Waals surface area contributed by atoms with Crippen LogP contribution >= 0.6 is 0 Å². The maximum Gasteiger partial charge on any atom is 0.132 e. The molecule has 0 aromatic carbocycles. The van der Waals surface area contributed by atoms with Crippen LogP contribution in [0.3, 0.4) is 0 Å². The van der Waals surface area contributed by atoms with Gasteiger partial charge in [-0.15, -0.1) is 0 Å². The third-order valence-electron chi connectivity index (χ3n) is 13.9. The van der Waals surface area contributed by atoms with Crippen LogP contribution in [0.4, 0.5) is 0 Å². The van der Waals surface area contributed by atoms with Gasteiger partial charge >= 0.3 is 0 Å². The highest BCUT2D eigenvalue weighted by atomic mass is 16.1. The molecule has 6 aliphatic carbocycles. The van der Waals surface area contributed by atoms with Gasteiger partial charge in [0.25, 0.3) is 0 Å². The zero-order valence-corrected chi connectivity index (χ0v) is 28.2. The molecule has 12 atom stereocenters. The van der Waals surface area contributed by atoms with Gasteiger partial charge in [0.1, 0.15) is 5.78 Å². The van der Waals surface area contributed by atoms with E-state index >= 15 is 0 Å². The molecule has 0 aromatic rings. The predicted molar refractivity (Wildman–Crippen MR) is 178 cm³/mol. The molecule has 240 valence electrons. The fourth-order valence-corrected chi connectivity index (χ4v) is 10.1. The van der Waals surface area contributed by atoms with E-state index in [-0.39, 0.29) is 0 Å². The van der Waals surface area contributed by atoms with E-state index in [2.05, 4.69) is 13.8 Å². The van der Waals surface area contributed by atoms with Gasteiger partial charge in [0, 0.05) is 12.8 Å². The lowest BCUT2D eigenvalue weighted by Crippen LogP contribution is -1.97. The van der Waals surface area contributed by atoms with Gasteiger partial charge in [-0.2, -0.15) is 0 Å². The minimum Gasteiger partial charge on any atom is -0.300 e. The van der Waals surface area contributed by atoms with Crippen molar-refractivity contribution in [2.24, 2.45) is 71.0 Å². The summed E-state index contributed by atoms with van der Waals surface area (Å²) in [5.74, 6) is 14.0. The van der Waals surface area contributed by atoms with Crippen molar-refractivity contribution in [3.8, 4) is 0 Å². The number of rotatable bonds is 26. The highest BCUT2D eigenvalue weighted by Crippen LogP contribution is 2.59. The molecule has 0 N–H and O–H groups in total. The lowest BCUT2D eigenvalue weighted by Gasteiger charge is -2.04. The molecular weight excluding hydrogens is 508 g/mol. The molecule has 6 rings (SSSR count). The predicted octanol–water partition coefficient (Wildman–Crippen LogP) is 12.2. The Labute approximate surface area is 261 Å². The van der Waals surface area contributed by atoms with Crippen LogP contribution in [0.25, 0.3) is 0 Å². The van der Waals surface area contributed by atoms with Crippen molar-refractivity contribution in [1.82, 2.24) is 0 Å². The second-order valence-electron chi connectivity index (χ2n) is 17.4. The largest absolute Gasteiger partial charge is 0.300 e. The summed E-state index contributed by atoms with van der Waals surface area (Å²) in [5, 5.41) is 0. The molecule has 0 aromatic heterocycles. The van der Waals surface area contributed by atoms with Gasteiger partial charge in [-0.1, -0.05) is 90.9 Å². The first-order valence-electron chi connectivity index (χ1n) is 20.1. The summed E-state index contributed by atoms with van der Waals surface area (Å²) in [7, 11) is 0. The smallest absolute Gasteiger partial charge is 0.132 e. The van der Waals surface area contributed by atoms with Crippen LogP contribution in [0.1, 0.15) is 181 Å². The quantitative estimate of drug-likeness (QED) is 0.0933. The average Bonchev–Trinajstić information content (AvgIpc) is 3.79. The summed E-state index contributed by atoms with van der Waals surface area (Å²) >= 11 is 0. The number of unbranched alkanes of at least 4 members (excludes halogenated alkanes) is 8. The molecular formula is C41H70O. The Balaban J connectivity index is 0.651. The van der Waals surface area contributed by atoms with Gasteiger partial charge in [-0.05, 0) is 148 Å². The molecule has 6 fully saturated rings. The van der Waals surface area contributed by atoms with Gasteiger partial charge in [-0.3, -0.25) is 4.79 Å². The second-order valence-corrected chi connectivity index (χ2v) is 17.4. The second kappa shape index (κ2) is 15.3. The van der Waals surface area contributed by atoms with Crippen LogP contribution in [0.5, 0.6) is 0 Å². The zero-order chi connectivity index (χ0) is 28.9. The van der Waals surface area contributed by atoms with Crippen molar-refractivity contribution in [2.75, 3.05) is 0 Å². The maximum absolute atomic E-state index is 12.3. The molecule has 0 aliphatic heterocycles. The Morgan fingerprint density at radius 1 is 0.381 bits per heavy atom. The van der Waals surface area contributed by atoms with E-state index in [1.165, 1.54) is 77.0 Å². The van der Waals surface area contributed by atoms with E-state index in [4.69, 9.17) is 0 Å². The summed E-state index contributed by atoms with van der Waals surface area (Å²) in [4.78, 5) is 12.3. The topological polar surface area (TPSA) is 17.1 Å². The van der Waals surface area contributed by atoms with Crippen molar-refractivity contribution < 1.29 is 4.79 Å². The fourth-order valence-electron chi connectivity index (χ4n) is 10.1. The van der Waals surface area contributed by atoms with Crippen LogP contribution in [0, 0.1) is 71.0 Å². The van der Waals surface area contributed by atoms with E-state index in [0.29, 0.717) is 5.78 Å². The van der Waals surface area contributed by atoms with Crippen molar-refractivity contribution in [3.05, 3.63) is 0 Å². The highest BCUT2D eigenvalue weighted by molar-refractivity contribution is 5.78. The van der Waals surface area contributed by atoms with Gasteiger partial charge in [0.05, 0.1) is 0 Å². The van der Waals surface area contributed by atoms with Crippen LogP contribution < -0.4 is 0 Å². The number of hydrogen-bond donors (Lipinski definition) is 0. The van der Waals surface area contributed by atoms with Crippen LogP contribution in [-0.4, -0.2) is 5.78 Å². The molecule has 0 saturated heterocycles. The van der Waals surface area contributed by atoms with E-state index in [0.717, 1.165) is 96.7 Å². The Morgan fingerprint density at radius 2 is 0.667 bits per heavy atom. The van der Waals surface area contributed by atoms with Crippen molar-refractivity contribution in [2.45, 2.75) is 181 Å². The first-order valence-corrected chi connectivity index (χ1v) is 20.1. The Morgan fingerprint density at radius 3 is 1.05 bits per heavy atom. The monoisotopic (exact) mass is 579 g/mol. The van der Waals surface area contributed by atoms with Crippen molar-refractivity contribution >= 4 is 5.78 Å². The summed E-state index contributed by atoms with van der Waals surface area (Å²) in [6.07, 6.45) is 36.6. The number of carbonyl (C=O) groups excluding carboxylic acids is 1. The van der Waals surface area contributed by atoms with Crippen molar-refractivity contribution in [3.63, 3.8) is 0 Å². The molecule has 6 saturated carbocycles. The normalized spacial score (nSPS) is 40.6. The molecule has 6 aliphatic rings. The van der Waals surface area contributed by atoms with E-state index in [9.17, 15) is 4.79 Å². The third kappa shape index (κ3) is 10.4. The molecule has 42 heavy (non-hydrogen) atoms. The Bertz CT molecular complexity index is 765. The number of ketones is 1. The maximum atomic E-state index is 12.3. The minimum atomic E-state index is 0.548. The molecule has 0 bridgehead atoms. The molecule has 1 heteroatoms. The van der Waals surface area contributed by atoms with Crippen molar-refractivity contribution in [1.29, 1.82) is 0 Å². The third-order valence-corrected chi connectivity index (χ3v) is 13.9. The van der Waals surface area contributed by atoms with Crippen LogP contribution in [0.15, 0.2) is 0 Å². The molecule has 0 heterocycles. The highest BCUT2D eigenvalue weighted by Gasteiger charge is 2.49. The first kappa shape index (κ1) is 31.6. The van der Waals surface area contributed by atoms with Gasteiger partial charge in [0.2, 0.25) is 0 Å².